The Kier molecular flexibility index (Phi) is 3.02. The van der Waals surface area contributed by atoms with Gasteiger partial charge in [0.1, 0.15) is 5.82 Å². The predicted molar refractivity (Wildman–Crippen MR) is 56.7 cm³/mol. The second-order valence-corrected chi connectivity index (χ2v) is 4.22. The summed E-state index contributed by atoms with van der Waals surface area (Å²) in [4.78, 5) is 4.00. The summed E-state index contributed by atoms with van der Waals surface area (Å²) in [5, 5.41) is 20.0. The van der Waals surface area contributed by atoms with E-state index in [9.17, 15) is 5.11 Å². The normalized spacial score (nSPS) is 19.1. The minimum absolute atomic E-state index is 0.106. The van der Waals surface area contributed by atoms with Crippen molar-refractivity contribution in [3.05, 3.63) is 11.5 Å². The molecule has 0 aliphatic heterocycles. The lowest BCUT2D eigenvalue weighted by Crippen LogP contribution is -2.39. The van der Waals surface area contributed by atoms with Crippen LogP contribution >= 0.6 is 11.6 Å². The maximum absolute atomic E-state index is 9.39. The number of anilines is 1. The maximum atomic E-state index is 9.39. The first-order valence-electron chi connectivity index (χ1n) is 4.98. The Morgan fingerprint density at radius 2 is 2.20 bits per heavy atom. The van der Waals surface area contributed by atoms with Gasteiger partial charge in [-0.05, 0) is 24.4 Å². The molecule has 2 rings (SSSR count). The molecule has 1 aromatic rings. The van der Waals surface area contributed by atoms with E-state index in [1.54, 1.807) is 0 Å². The molecule has 0 spiro atoms. The highest BCUT2D eigenvalue weighted by Gasteiger charge is 2.33. The Bertz CT molecular complexity index is 341. The van der Waals surface area contributed by atoms with Crippen LogP contribution in [0.1, 0.15) is 25.7 Å². The summed E-state index contributed by atoms with van der Waals surface area (Å²) in [6, 6.07) is 0. The molecule has 1 aliphatic carbocycles. The van der Waals surface area contributed by atoms with Crippen LogP contribution in [0.25, 0.3) is 0 Å². The van der Waals surface area contributed by atoms with Crippen molar-refractivity contribution >= 4 is 17.4 Å². The topological polar surface area (TPSA) is 70.9 Å². The number of hydrogen-bond donors (Lipinski definition) is 2. The number of aromatic nitrogens is 3. The zero-order valence-electron chi connectivity index (χ0n) is 8.28. The van der Waals surface area contributed by atoms with Crippen LogP contribution < -0.4 is 5.32 Å². The molecular formula is C9H13ClN4O. The van der Waals surface area contributed by atoms with Crippen LogP contribution in [0.4, 0.5) is 5.82 Å². The highest BCUT2D eigenvalue weighted by atomic mass is 35.5. The van der Waals surface area contributed by atoms with E-state index in [0.29, 0.717) is 5.82 Å². The molecule has 15 heavy (non-hydrogen) atoms. The van der Waals surface area contributed by atoms with Gasteiger partial charge in [-0.25, -0.2) is 0 Å². The number of nitrogens with one attached hydrogen (secondary N) is 1. The highest BCUT2D eigenvalue weighted by Crippen LogP contribution is 2.32. The fourth-order valence-corrected chi connectivity index (χ4v) is 2.12. The Hall–Kier alpha value is -0.940. The van der Waals surface area contributed by atoms with Gasteiger partial charge in [0.15, 0.2) is 0 Å². The lowest BCUT2D eigenvalue weighted by molar-refractivity contribution is 0.213. The lowest BCUT2D eigenvalue weighted by Gasteiger charge is -2.28. The largest absolute Gasteiger partial charge is 0.394 e. The molecule has 0 aromatic carbocycles. The summed E-state index contributed by atoms with van der Waals surface area (Å²) in [5.74, 6) is 0.575. The van der Waals surface area contributed by atoms with E-state index < -0.39 is 0 Å². The third-order valence-corrected chi connectivity index (χ3v) is 2.95. The van der Waals surface area contributed by atoms with E-state index in [4.69, 9.17) is 11.6 Å². The first-order valence-corrected chi connectivity index (χ1v) is 5.36. The molecule has 0 atom stereocenters. The number of halogens is 1. The standard InChI is InChI=1S/C9H13ClN4O/c10-8-12-7(5-11-14-8)13-9(6-15)3-1-2-4-9/h5,15H,1-4,6H2,(H,12,13,14). The van der Waals surface area contributed by atoms with E-state index in [0.717, 1.165) is 25.7 Å². The van der Waals surface area contributed by atoms with Gasteiger partial charge in [0, 0.05) is 0 Å². The van der Waals surface area contributed by atoms with Crippen molar-refractivity contribution in [3.63, 3.8) is 0 Å². The molecule has 1 heterocycles. The molecule has 1 fully saturated rings. The molecule has 0 unspecified atom stereocenters. The van der Waals surface area contributed by atoms with Crippen molar-refractivity contribution in [1.82, 2.24) is 15.2 Å². The molecule has 0 saturated heterocycles. The fourth-order valence-electron chi connectivity index (χ4n) is 1.99. The molecule has 0 bridgehead atoms. The molecule has 6 heteroatoms. The fraction of sp³-hybridized carbons (Fsp3) is 0.667. The summed E-state index contributed by atoms with van der Waals surface area (Å²) in [6.07, 6.45) is 5.66. The Morgan fingerprint density at radius 3 is 2.80 bits per heavy atom. The SMILES string of the molecule is OCC1(Nc2cnnc(Cl)n2)CCCC1. The molecule has 1 saturated carbocycles. The molecule has 5 nitrogen and oxygen atoms in total. The third kappa shape index (κ3) is 2.35. The lowest BCUT2D eigenvalue weighted by atomic mass is 9.99. The van der Waals surface area contributed by atoms with Gasteiger partial charge >= 0.3 is 0 Å². The van der Waals surface area contributed by atoms with E-state index in [-0.39, 0.29) is 17.4 Å². The van der Waals surface area contributed by atoms with Gasteiger partial charge in [0.25, 0.3) is 0 Å². The molecular weight excluding hydrogens is 216 g/mol. The Labute approximate surface area is 92.9 Å². The Balaban J connectivity index is 2.12. The second kappa shape index (κ2) is 4.28. The van der Waals surface area contributed by atoms with Gasteiger partial charge in [-0.3, -0.25) is 0 Å². The van der Waals surface area contributed by atoms with Crippen LogP contribution in [0, 0.1) is 0 Å². The van der Waals surface area contributed by atoms with Crippen molar-refractivity contribution in [2.45, 2.75) is 31.2 Å². The monoisotopic (exact) mass is 228 g/mol. The molecule has 1 aliphatic rings. The van der Waals surface area contributed by atoms with Gasteiger partial charge in [0.2, 0.25) is 5.28 Å². The first-order chi connectivity index (χ1) is 7.24. The molecule has 0 amide bonds. The van der Waals surface area contributed by atoms with Crippen molar-refractivity contribution in [3.8, 4) is 0 Å². The van der Waals surface area contributed by atoms with Crippen LogP contribution in [0.15, 0.2) is 6.20 Å². The minimum Gasteiger partial charge on any atom is -0.394 e. The minimum atomic E-state index is -0.251. The Morgan fingerprint density at radius 1 is 1.47 bits per heavy atom. The number of aliphatic hydroxyl groups excluding tert-OH is 1. The van der Waals surface area contributed by atoms with E-state index in [1.165, 1.54) is 6.20 Å². The quantitative estimate of drug-likeness (QED) is 0.815. The summed E-state index contributed by atoms with van der Waals surface area (Å²) < 4.78 is 0. The highest BCUT2D eigenvalue weighted by molar-refractivity contribution is 6.28. The van der Waals surface area contributed by atoms with Crippen LogP contribution in [0.5, 0.6) is 0 Å². The zero-order valence-corrected chi connectivity index (χ0v) is 9.04. The van der Waals surface area contributed by atoms with Gasteiger partial charge in [-0.2, -0.15) is 10.1 Å². The zero-order chi connectivity index (χ0) is 10.7. The number of hydrogen-bond acceptors (Lipinski definition) is 5. The van der Waals surface area contributed by atoms with E-state index in [1.807, 2.05) is 0 Å². The second-order valence-electron chi connectivity index (χ2n) is 3.88. The summed E-state index contributed by atoms with van der Waals surface area (Å²) >= 11 is 5.63. The summed E-state index contributed by atoms with van der Waals surface area (Å²) in [7, 11) is 0. The number of nitrogens with zero attached hydrogens (tertiary/aromatic N) is 3. The average Bonchev–Trinajstić information content (AvgIpc) is 2.67. The number of aliphatic hydroxyl groups is 1. The predicted octanol–water partition coefficient (Wildman–Crippen LogP) is 1.24. The molecule has 82 valence electrons. The smallest absolute Gasteiger partial charge is 0.244 e. The number of rotatable bonds is 3. The van der Waals surface area contributed by atoms with E-state index >= 15 is 0 Å². The summed E-state index contributed by atoms with van der Waals surface area (Å²) in [5.41, 5.74) is -0.251. The van der Waals surface area contributed by atoms with Gasteiger partial charge in [-0.15, -0.1) is 5.10 Å². The summed E-state index contributed by atoms with van der Waals surface area (Å²) in [6.45, 7) is 0.106. The van der Waals surface area contributed by atoms with Gasteiger partial charge in [-0.1, -0.05) is 12.8 Å². The third-order valence-electron chi connectivity index (χ3n) is 2.79. The van der Waals surface area contributed by atoms with Crippen LogP contribution in [0.3, 0.4) is 0 Å². The first kappa shape index (κ1) is 10.6. The van der Waals surface area contributed by atoms with Crippen molar-refractivity contribution in [2.75, 3.05) is 11.9 Å². The average molecular weight is 229 g/mol. The van der Waals surface area contributed by atoms with Crippen molar-refractivity contribution in [2.24, 2.45) is 0 Å². The van der Waals surface area contributed by atoms with Crippen molar-refractivity contribution in [1.29, 1.82) is 0 Å². The maximum Gasteiger partial charge on any atom is 0.244 e. The molecule has 2 N–H and O–H groups in total. The van der Waals surface area contributed by atoms with Crippen LogP contribution in [-0.2, 0) is 0 Å². The van der Waals surface area contributed by atoms with Gasteiger partial charge < -0.3 is 10.4 Å². The van der Waals surface area contributed by atoms with Crippen molar-refractivity contribution < 1.29 is 5.11 Å². The van der Waals surface area contributed by atoms with E-state index in [2.05, 4.69) is 20.5 Å². The molecule has 0 radical (unpaired) electrons. The van der Waals surface area contributed by atoms with Gasteiger partial charge in [0.05, 0.1) is 18.3 Å². The molecule has 1 aromatic heterocycles. The van der Waals surface area contributed by atoms with Crippen LogP contribution in [0.2, 0.25) is 5.28 Å². The van der Waals surface area contributed by atoms with Crippen LogP contribution in [-0.4, -0.2) is 32.4 Å².